The second-order valence-corrected chi connectivity index (χ2v) is 4.85. The van der Waals surface area contributed by atoms with Gasteiger partial charge >= 0.3 is 0 Å². The zero-order chi connectivity index (χ0) is 13.7. The van der Waals surface area contributed by atoms with Gasteiger partial charge in [0, 0.05) is 17.9 Å². The van der Waals surface area contributed by atoms with E-state index < -0.39 is 0 Å². The zero-order valence-electron chi connectivity index (χ0n) is 11.6. The molecule has 0 atom stereocenters. The van der Waals surface area contributed by atoms with Crippen molar-refractivity contribution < 1.29 is 14.3 Å². The molecule has 0 spiro atoms. The third-order valence-electron chi connectivity index (χ3n) is 3.65. The van der Waals surface area contributed by atoms with Gasteiger partial charge in [0.1, 0.15) is 17.3 Å². The number of ketones is 1. The molecular formula is C15H21NO3. The van der Waals surface area contributed by atoms with Crippen molar-refractivity contribution in [1.82, 2.24) is 5.32 Å². The maximum absolute atomic E-state index is 12.3. The van der Waals surface area contributed by atoms with Crippen LogP contribution in [0.1, 0.15) is 18.4 Å². The van der Waals surface area contributed by atoms with Gasteiger partial charge in [0.15, 0.2) is 0 Å². The highest BCUT2D eigenvalue weighted by Crippen LogP contribution is 2.26. The molecule has 1 saturated heterocycles. The molecule has 1 aromatic carbocycles. The molecule has 0 aromatic heterocycles. The number of rotatable bonds is 5. The van der Waals surface area contributed by atoms with Crippen molar-refractivity contribution >= 4 is 5.78 Å². The van der Waals surface area contributed by atoms with Gasteiger partial charge in [-0.1, -0.05) is 0 Å². The van der Waals surface area contributed by atoms with Gasteiger partial charge in [-0.15, -0.1) is 0 Å². The molecular weight excluding hydrogens is 242 g/mol. The van der Waals surface area contributed by atoms with Crippen LogP contribution in [-0.2, 0) is 11.2 Å². The first kappa shape index (κ1) is 13.9. The zero-order valence-corrected chi connectivity index (χ0v) is 11.6. The molecule has 0 bridgehead atoms. The highest BCUT2D eigenvalue weighted by molar-refractivity contribution is 5.84. The van der Waals surface area contributed by atoms with Gasteiger partial charge in [0.2, 0.25) is 0 Å². The van der Waals surface area contributed by atoms with E-state index in [-0.39, 0.29) is 5.92 Å². The summed E-state index contributed by atoms with van der Waals surface area (Å²) in [6, 6.07) is 5.58. The molecule has 1 N–H and O–H groups in total. The summed E-state index contributed by atoms with van der Waals surface area (Å²) in [6.45, 7) is 1.87. The van der Waals surface area contributed by atoms with Crippen LogP contribution in [0.5, 0.6) is 11.5 Å². The maximum Gasteiger partial charge on any atom is 0.140 e. The Labute approximate surface area is 114 Å². The molecule has 1 aliphatic rings. The summed E-state index contributed by atoms with van der Waals surface area (Å²) in [6.07, 6.45) is 2.29. The minimum Gasteiger partial charge on any atom is -0.497 e. The van der Waals surface area contributed by atoms with E-state index in [1.807, 2.05) is 18.2 Å². The fourth-order valence-corrected chi connectivity index (χ4v) is 2.50. The van der Waals surface area contributed by atoms with Gasteiger partial charge in [0.25, 0.3) is 0 Å². The van der Waals surface area contributed by atoms with Crippen molar-refractivity contribution in [2.75, 3.05) is 27.3 Å². The van der Waals surface area contributed by atoms with Crippen molar-refractivity contribution in [3.05, 3.63) is 23.8 Å². The molecule has 4 heteroatoms. The molecule has 0 aliphatic carbocycles. The summed E-state index contributed by atoms with van der Waals surface area (Å²) < 4.78 is 10.5. The minimum atomic E-state index is 0.178. The molecule has 0 saturated carbocycles. The van der Waals surface area contributed by atoms with Crippen LogP contribution in [0.3, 0.4) is 0 Å². The summed E-state index contributed by atoms with van der Waals surface area (Å²) in [7, 11) is 3.25. The van der Waals surface area contributed by atoms with Crippen molar-refractivity contribution in [2.24, 2.45) is 5.92 Å². The Morgan fingerprint density at radius 1 is 1.26 bits per heavy atom. The van der Waals surface area contributed by atoms with E-state index in [1.54, 1.807) is 14.2 Å². The molecule has 0 radical (unpaired) electrons. The monoisotopic (exact) mass is 263 g/mol. The Kier molecular flexibility index (Phi) is 4.80. The first-order valence-corrected chi connectivity index (χ1v) is 6.69. The third kappa shape index (κ3) is 3.47. The Balaban J connectivity index is 2.10. The second kappa shape index (κ2) is 6.57. The summed E-state index contributed by atoms with van der Waals surface area (Å²) in [4.78, 5) is 12.3. The number of Topliss-reactive ketones (excluding diaryl/α,β-unsaturated/α-hetero) is 1. The number of carbonyl (C=O) groups excluding carboxylic acids is 1. The number of nitrogens with one attached hydrogen (secondary N) is 1. The lowest BCUT2D eigenvalue weighted by Gasteiger charge is -2.21. The lowest BCUT2D eigenvalue weighted by molar-refractivity contribution is -0.122. The first-order valence-electron chi connectivity index (χ1n) is 6.69. The fraction of sp³-hybridized carbons (Fsp3) is 0.533. The van der Waals surface area contributed by atoms with Crippen molar-refractivity contribution in [2.45, 2.75) is 19.3 Å². The number of ether oxygens (including phenoxy) is 2. The van der Waals surface area contributed by atoms with Crippen LogP contribution in [-0.4, -0.2) is 33.1 Å². The standard InChI is InChI=1S/C15H21NO3/c1-18-13-3-4-15(19-2)12(9-13)10-14(17)11-5-7-16-8-6-11/h3-4,9,11,16H,5-8,10H2,1-2H3. The number of hydrogen-bond donors (Lipinski definition) is 1. The maximum atomic E-state index is 12.3. The van der Waals surface area contributed by atoms with Crippen molar-refractivity contribution in [3.8, 4) is 11.5 Å². The van der Waals surface area contributed by atoms with Crippen LogP contribution in [0, 0.1) is 5.92 Å². The molecule has 0 unspecified atom stereocenters. The number of piperidine rings is 1. The molecule has 19 heavy (non-hydrogen) atoms. The van der Waals surface area contributed by atoms with Gasteiger partial charge in [-0.3, -0.25) is 4.79 Å². The van der Waals surface area contributed by atoms with Gasteiger partial charge in [-0.05, 0) is 44.1 Å². The van der Waals surface area contributed by atoms with Crippen molar-refractivity contribution in [3.63, 3.8) is 0 Å². The lowest BCUT2D eigenvalue weighted by atomic mass is 9.90. The number of hydrogen-bond acceptors (Lipinski definition) is 4. The van der Waals surface area contributed by atoms with E-state index in [2.05, 4.69) is 5.32 Å². The average molecular weight is 263 g/mol. The Morgan fingerprint density at radius 3 is 2.63 bits per heavy atom. The quantitative estimate of drug-likeness (QED) is 0.880. The predicted molar refractivity (Wildman–Crippen MR) is 73.9 cm³/mol. The van der Waals surface area contributed by atoms with Crippen LogP contribution in [0.15, 0.2) is 18.2 Å². The predicted octanol–water partition coefficient (Wildman–Crippen LogP) is 1.81. The van der Waals surface area contributed by atoms with E-state index >= 15 is 0 Å². The minimum absolute atomic E-state index is 0.178. The molecule has 104 valence electrons. The molecule has 0 amide bonds. The van der Waals surface area contributed by atoms with E-state index in [4.69, 9.17) is 9.47 Å². The fourth-order valence-electron chi connectivity index (χ4n) is 2.50. The first-order chi connectivity index (χ1) is 9.24. The van der Waals surface area contributed by atoms with Gasteiger partial charge in [-0.2, -0.15) is 0 Å². The van der Waals surface area contributed by atoms with Crippen LogP contribution >= 0.6 is 0 Å². The van der Waals surface area contributed by atoms with Gasteiger partial charge in [-0.25, -0.2) is 0 Å². The smallest absolute Gasteiger partial charge is 0.140 e. The summed E-state index contributed by atoms with van der Waals surface area (Å²) in [5, 5.41) is 3.28. The summed E-state index contributed by atoms with van der Waals surface area (Å²) in [5.74, 6) is 1.99. The molecule has 1 aliphatic heterocycles. The largest absolute Gasteiger partial charge is 0.497 e. The number of benzene rings is 1. The second-order valence-electron chi connectivity index (χ2n) is 4.85. The van der Waals surface area contributed by atoms with E-state index in [0.29, 0.717) is 12.2 Å². The van der Waals surface area contributed by atoms with Crippen LogP contribution in [0.25, 0.3) is 0 Å². The van der Waals surface area contributed by atoms with E-state index in [9.17, 15) is 4.79 Å². The number of methoxy groups -OCH3 is 2. The molecule has 2 rings (SSSR count). The average Bonchev–Trinajstić information content (AvgIpc) is 2.48. The third-order valence-corrected chi connectivity index (χ3v) is 3.65. The Bertz CT molecular complexity index is 439. The molecule has 4 nitrogen and oxygen atoms in total. The van der Waals surface area contributed by atoms with Crippen LogP contribution < -0.4 is 14.8 Å². The molecule has 1 fully saturated rings. The lowest BCUT2D eigenvalue weighted by Crippen LogP contribution is -2.32. The summed E-state index contributed by atoms with van der Waals surface area (Å²) in [5.41, 5.74) is 0.908. The van der Waals surface area contributed by atoms with E-state index in [1.165, 1.54) is 0 Å². The van der Waals surface area contributed by atoms with Crippen LogP contribution in [0.2, 0.25) is 0 Å². The van der Waals surface area contributed by atoms with Crippen LogP contribution in [0.4, 0.5) is 0 Å². The highest BCUT2D eigenvalue weighted by atomic mass is 16.5. The van der Waals surface area contributed by atoms with Crippen molar-refractivity contribution in [1.29, 1.82) is 0 Å². The number of carbonyl (C=O) groups is 1. The van der Waals surface area contributed by atoms with Gasteiger partial charge < -0.3 is 14.8 Å². The normalized spacial score (nSPS) is 16.1. The SMILES string of the molecule is COc1ccc(OC)c(CC(=O)C2CCNCC2)c1. The topological polar surface area (TPSA) is 47.6 Å². The molecule has 1 heterocycles. The highest BCUT2D eigenvalue weighted by Gasteiger charge is 2.22. The Hall–Kier alpha value is -1.55. The summed E-state index contributed by atoms with van der Waals surface area (Å²) >= 11 is 0. The Morgan fingerprint density at radius 2 is 2.00 bits per heavy atom. The van der Waals surface area contributed by atoms with E-state index in [0.717, 1.165) is 43.0 Å². The molecule has 1 aromatic rings. The van der Waals surface area contributed by atoms with Gasteiger partial charge in [0.05, 0.1) is 14.2 Å².